The van der Waals surface area contributed by atoms with Gasteiger partial charge < -0.3 is 0 Å². The second-order valence-corrected chi connectivity index (χ2v) is 15.2. The van der Waals surface area contributed by atoms with Gasteiger partial charge in [0.25, 0.3) is 0 Å². The van der Waals surface area contributed by atoms with Gasteiger partial charge in [-0.1, -0.05) is 64.7 Å². The maximum atomic E-state index is 4.70. The van der Waals surface area contributed by atoms with E-state index in [0.29, 0.717) is 5.92 Å². The molecule has 6 heteroatoms. The molecule has 216 valence electrons. The molecule has 40 heavy (non-hydrogen) atoms. The third kappa shape index (κ3) is 7.10. The normalized spacial score (nSPS) is 23.5. The van der Waals surface area contributed by atoms with E-state index in [1.807, 2.05) is 0 Å². The lowest BCUT2D eigenvalue weighted by Crippen LogP contribution is -2.14. The minimum Gasteiger partial charge on any atom is -0.241 e. The van der Waals surface area contributed by atoms with Crippen LogP contribution in [0.15, 0.2) is 12.1 Å². The first kappa shape index (κ1) is 29.6. The van der Waals surface area contributed by atoms with Crippen molar-refractivity contribution in [2.24, 2.45) is 23.7 Å². The van der Waals surface area contributed by atoms with Gasteiger partial charge >= 0.3 is 0 Å². The van der Waals surface area contributed by atoms with Gasteiger partial charge in [-0.25, -0.2) is 15.0 Å². The van der Waals surface area contributed by atoms with Gasteiger partial charge in [0.1, 0.15) is 15.2 Å². The lowest BCUT2D eigenvalue weighted by molar-refractivity contribution is 0.289. The molecule has 4 nitrogen and oxygen atoms in total. The lowest BCUT2D eigenvalue weighted by atomic mass is 9.79. The summed E-state index contributed by atoms with van der Waals surface area (Å²) in [5.74, 6) is 4.04. The maximum Gasteiger partial charge on any atom is 0.144 e. The Morgan fingerprint density at radius 1 is 0.725 bits per heavy atom. The van der Waals surface area contributed by atoms with Crippen LogP contribution in [0.1, 0.15) is 118 Å². The second kappa shape index (κ2) is 12.9. The minimum atomic E-state index is 0.480. The molecule has 4 aromatic heterocycles. The molecule has 0 N–H and O–H groups in total. The molecule has 2 saturated carbocycles. The topological polar surface area (TPSA) is 51.6 Å². The van der Waals surface area contributed by atoms with Crippen molar-refractivity contribution in [2.75, 3.05) is 0 Å². The van der Waals surface area contributed by atoms with E-state index in [1.54, 1.807) is 22.9 Å². The van der Waals surface area contributed by atoms with Gasteiger partial charge in [0.15, 0.2) is 0 Å². The molecule has 0 bridgehead atoms. The fraction of sp³-hybridized carbons (Fsp3) is 0.647. The SMILES string of the molecule is Cc1cc(CC2CCC(C)CC2)c2c(C(C)C)nsc2n1.Cc1cc(CC2CCC(C)CC2)c2nc(C)sc2n1. The highest BCUT2D eigenvalue weighted by molar-refractivity contribution is 7.18. The first-order valence-corrected chi connectivity index (χ1v) is 17.2. The molecule has 2 aliphatic carbocycles. The van der Waals surface area contributed by atoms with Crippen LogP contribution in [0.3, 0.4) is 0 Å². The molecule has 0 aliphatic heterocycles. The molecule has 0 atom stereocenters. The standard InChI is InChI=1S/C18H26N2S.C16H22N2S/c1-11(2)17-16-15(9-13(4)19-18(16)21-20-17)10-14-7-5-12(3)6-8-14;1-10-4-6-13(7-5-10)9-14-8-11(2)17-16-15(14)18-12(3)19-16/h9,11-12,14H,5-8,10H2,1-4H3;8,10,13H,4-7,9H2,1-3H3. The Labute approximate surface area is 249 Å². The van der Waals surface area contributed by atoms with Crippen molar-refractivity contribution in [3.63, 3.8) is 0 Å². The smallest absolute Gasteiger partial charge is 0.144 e. The van der Waals surface area contributed by atoms with Crippen molar-refractivity contribution in [2.45, 2.75) is 119 Å². The van der Waals surface area contributed by atoms with E-state index >= 15 is 0 Å². The van der Waals surface area contributed by atoms with E-state index < -0.39 is 0 Å². The maximum absolute atomic E-state index is 4.70. The van der Waals surface area contributed by atoms with E-state index in [9.17, 15) is 0 Å². The highest BCUT2D eigenvalue weighted by Gasteiger charge is 2.23. The Morgan fingerprint density at radius 2 is 1.25 bits per heavy atom. The van der Waals surface area contributed by atoms with Gasteiger partial charge in [-0.2, -0.15) is 4.37 Å². The quantitative estimate of drug-likeness (QED) is 0.237. The summed E-state index contributed by atoms with van der Waals surface area (Å²) < 4.78 is 4.68. The van der Waals surface area contributed by atoms with Gasteiger partial charge in [0.2, 0.25) is 0 Å². The van der Waals surface area contributed by atoms with Gasteiger partial charge in [0.05, 0.1) is 10.7 Å². The monoisotopic (exact) mass is 576 g/mol. The molecule has 6 rings (SSSR count). The van der Waals surface area contributed by atoms with Crippen LogP contribution in [-0.4, -0.2) is 19.3 Å². The summed E-state index contributed by atoms with van der Waals surface area (Å²) in [5, 5.41) is 2.49. The number of fused-ring (bicyclic) bond motifs is 2. The van der Waals surface area contributed by atoms with Crippen LogP contribution >= 0.6 is 22.9 Å². The molecule has 4 aromatic rings. The third-order valence-electron chi connectivity index (χ3n) is 9.20. The molecule has 2 aliphatic rings. The Morgan fingerprint density at radius 3 is 1.82 bits per heavy atom. The van der Waals surface area contributed by atoms with Gasteiger partial charge in [-0.05, 0) is 124 Å². The number of aryl methyl sites for hydroxylation is 3. The van der Waals surface area contributed by atoms with Gasteiger partial charge in [0, 0.05) is 16.8 Å². The zero-order valence-electron chi connectivity index (χ0n) is 25.7. The number of nitrogens with zero attached hydrogens (tertiary/aromatic N) is 4. The fourth-order valence-corrected chi connectivity index (χ4v) is 8.68. The summed E-state index contributed by atoms with van der Waals surface area (Å²) in [5.41, 5.74) is 7.60. The molecule has 0 radical (unpaired) electrons. The summed E-state index contributed by atoms with van der Waals surface area (Å²) in [4.78, 5) is 16.3. The van der Waals surface area contributed by atoms with Crippen molar-refractivity contribution in [3.05, 3.63) is 45.3 Å². The summed E-state index contributed by atoms with van der Waals surface area (Å²) >= 11 is 3.29. The number of aromatic nitrogens is 4. The van der Waals surface area contributed by atoms with Gasteiger partial charge in [-0.15, -0.1) is 0 Å². The number of hydrogen-bond acceptors (Lipinski definition) is 6. The van der Waals surface area contributed by atoms with Crippen LogP contribution in [0.5, 0.6) is 0 Å². The Hall–Kier alpha value is -1.92. The van der Waals surface area contributed by atoms with Crippen LogP contribution in [0.2, 0.25) is 0 Å². The number of hydrogen-bond donors (Lipinski definition) is 0. The van der Waals surface area contributed by atoms with Crippen LogP contribution in [0, 0.1) is 44.4 Å². The van der Waals surface area contributed by atoms with Crippen molar-refractivity contribution < 1.29 is 0 Å². The predicted octanol–water partition coefficient (Wildman–Crippen LogP) is 10.2. The number of thiazole rings is 1. The van der Waals surface area contributed by atoms with Crippen LogP contribution in [-0.2, 0) is 12.8 Å². The van der Waals surface area contributed by atoms with E-state index in [4.69, 9.17) is 9.97 Å². The average molecular weight is 577 g/mol. The van der Waals surface area contributed by atoms with Crippen LogP contribution in [0.25, 0.3) is 20.6 Å². The first-order valence-electron chi connectivity index (χ1n) is 15.7. The first-order chi connectivity index (χ1) is 19.2. The molecule has 0 saturated heterocycles. The Kier molecular flexibility index (Phi) is 9.56. The molecule has 4 heterocycles. The fourth-order valence-electron chi connectivity index (χ4n) is 6.80. The average Bonchev–Trinajstić information content (AvgIpc) is 3.50. The highest BCUT2D eigenvalue weighted by Crippen LogP contribution is 2.36. The molecule has 0 unspecified atom stereocenters. The molecule has 2 fully saturated rings. The Bertz CT molecular complexity index is 1420. The summed E-state index contributed by atoms with van der Waals surface area (Å²) in [6.45, 7) is 15.5. The molecular formula is C34H48N4S2. The van der Waals surface area contributed by atoms with Crippen molar-refractivity contribution in [1.29, 1.82) is 0 Å². The summed E-state index contributed by atoms with van der Waals surface area (Å²) in [6, 6.07) is 4.56. The van der Waals surface area contributed by atoms with Crippen molar-refractivity contribution >= 4 is 43.4 Å². The molecule has 0 aromatic carbocycles. The minimum absolute atomic E-state index is 0.480. The third-order valence-corrected chi connectivity index (χ3v) is 10.8. The van der Waals surface area contributed by atoms with E-state index in [1.165, 1.54) is 86.4 Å². The van der Waals surface area contributed by atoms with Crippen LogP contribution in [0.4, 0.5) is 0 Å². The largest absolute Gasteiger partial charge is 0.241 e. The number of pyridine rings is 2. The van der Waals surface area contributed by atoms with E-state index in [2.05, 4.69) is 70.0 Å². The lowest BCUT2D eigenvalue weighted by Gasteiger charge is -2.26. The molecule has 0 spiro atoms. The van der Waals surface area contributed by atoms with E-state index in [-0.39, 0.29) is 0 Å². The number of rotatable bonds is 5. The second-order valence-electron chi connectivity index (χ2n) is 13.3. The molecular weight excluding hydrogens is 529 g/mol. The Balaban J connectivity index is 0.000000162. The van der Waals surface area contributed by atoms with Crippen LogP contribution < -0.4 is 0 Å². The summed E-state index contributed by atoms with van der Waals surface area (Å²) in [7, 11) is 0. The molecule has 0 amide bonds. The van der Waals surface area contributed by atoms with Crippen molar-refractivity contribution in [3.8, 4) is 0 Å². The van der Waals surface area contributed by atoms with Crippen molar-refractivity contribution in [1.82, 2.24) is 19.3 Å². The zero-order chi connectivity index (χ0) is 28.4. The predicted molar refractivity (Wildman–Crippen MR) is 173 cm³/mol. The van der Waals surface area contributed by atoms with Gasteiger partial charge in [-0.3, -0.25) is 0 Å². The van der Waals surface area contributed by atoms with E-state index in [0.717, 1.165) is 55.2 Å². The zero-order valence-corrected chi connectivity index (χ0v) is 27.4. The summed E-state index contributed by atoms with van der Waals surface area (Å²) in [6.07, 6.45) is 13.5. The highest BCUT2D eigenvalue weighted by atomic mass is 32.1.